The van der Waals surface area contributed by atoms with Crippen molar-refractivity contribution in [2.45, 2.75) is 44.7 Å². The summed E-state index contributed by atoms with van der Waals surface area (Å²) in [5.74, 6) is -0.162. The molecule has 3 heterocycles. The second kappa shape index (κ2) is 7.79. The molecule has 2 aliphatic rings. The quantitative estimate of drug-likeness (QED) is 0.788. The van der Waals surface area contributed by atoms with E-state index in [4.69, 9.17) is 5.73 Å². The van der Waals surface area contributed by atoms with Gasteiger partial charge in [0.05, 0.1) is 17.1 Å². The summed E-state index contributed by atoms with van der Waals surface area (Å²) >= 11 is 3.48. The average molecular weight is 445 g/mol. The molecule has 0 aliphatic carbocycles. The van der Waals surface area contributed by atoms with Gasteiger partial charge in [-0.3, -0.25) is 19.5 Å². The van der Waals surface area contributed by atoms with Crippen LogP contribution in [0.3, 0.4) is 0 Å². The minimum atomic E-state index is -0.221. The summed E-state index contributed by atoms with van der Waals surface area (Å²) < 4.78 is 0.951. The van der Waals surface area contributed by atoms with Crippen LogP contribution in [0.5, 0.6) is 0 Å². The van der Waals surface area contributed by atoms with Crippen molar-refractivity contribution in [3.63, 3.8) is 0 Å². The number of aromatic nitrogens is 1. The first-order valence-electron chi connectivity index (χ1n) is 9.85. The number of likely N-dealkylation sites (tertiary alicyclic amines) is 2. The topological polar surface area (TPSA) is 79.5 Å². The lowest BCUT2D eigenvalue weighted by Gasteiger charge is -2.38. The van der Waals surface area contributed by atoms with E-state index in [0.717, 1.165) is 53.3 Å². The van der Waals surface area contributed by atoms with Crippen LogP contribution in [-0.2, 0) is 4.79 Å². The van der Waals surface area contributed by atoms with Gasteiger partial charge in [0.15, 0.2) is 0 Å². The molecular weight excluding hydrogens is 420 g/mol. The molecule has 2 aromatic rings. The molecule has 0 spiro atoms. The molecule has 4 rings (SSSR count). The van der Waals surface area contributed by atoms with E-state index in [9.17, 15) is 9.59 Å². The van der Waals surface area contributed by atoms with Gasteiger partial charge in [-0.1, -0.05) is 22.0 Å². The number of carbonyl (C=O) groups excluding carboxylic acids is 2. The van der Waals surface area contributed by atoms with Crippen molar-refractivity contribution in [3.8, 4) is 0 Å². The zero-order chi connectivity index (χ0) is 19.8. The highest BCUT2D eigenvalue weighted by Gasteiger charge is 2.36. The van der Waals surface area contributed by atoms with Crippen LogP contribution in [0.25, 0.3) is 10.9 Å². The molecule has 7 heteroatoms. The Morgan fingerprint density at radius 3 is 2.61 bits per heavy atom. The lowest BCUT2D eigenvalue weighted by Crippen LogP contribution is -2.51. The van der Waals surface area contributed by atoms with Crippen LogP contribution in [0, 0.1) is 6.92 Å². The van der Waals surface area contributed by atoms with Crippen LogP contribution in [-0.4, -0.2) is 58.3 Å². The molecule has 148 valence electrons. The third kappa shape index (κ3) is 3.65. The summed E-state index contributed by atoms with van der Waals surface area (Å²) in [6.07, 6.45) is 3.63. The van der Waals surface area contributed by atoms with Gasteiger partial charge in [-0.2, -0.15) is 0 Å². The van der Waals surface area contributed by atoms with E-state index in [1.165, 1.54) is 0 Å². The lowest BCUT2D eigenvalue weighted by atomic mass is 10.00. The predicted octanol–water partition coefficient (Wildman–Crippen LogP) is 2.86. The second-order valence-corrected chi connectivity index (χ2v) is 8.71. The Kier molecular flexibility index (Phi) is 5.38. The number of nitrogens with zero attached hydrogens (tertiary/aromatic N) is 3. The third-order valence-corrected chi connectivity index (χ3v) is 6.47. The van der Waals surface area contributed by atoms with Crippen molar-refractivity contribution >= 4 is 38.6 Å². The molecule has 1 aromatic heterocycles. The van der Waals surface area contributed by atoms with Crippen molar-refractivity contribution in [2.24, 2.45) is 5.73 Å². The average Bonchev–Trinajstić information content (AvgIpc) is 3.17. The fourth-order valence-electron chi connectivity index (χ4n) is 4.61. The minimum absolute atomic E-state index is 0.0594. The van der Waals surface area contributed by atoms with E-state index < -0.39 is 0 Å². The number of carbonyl (C=O) groups is 2. The van der Waals surface area contributed by atoms with Crippen LogP contribution < -0.4 is 5.73 Å². The highest BCUT2D eigenvalue weighted by Crippen LogP contribution is 2.28. The van der Waals surface area contributed by atoms with Gasteiger partial charge in [0.1, 0.15) is 0 Å². The lowest BCUT2D eigenvalue weighted by molar-refractivity contribution is -0.123. The number of hydrogen-bond donors (Lipinski definition) is 1. The predicted molar refractivity (Wildman–Crippen MR) is 112 cm³/mol. The maximum Gasteiger partial charge on any atom is 0.254 e. The minimum Gasteiger partial charge on any atom is -0.368 e. The zero-order valence-electron chi connectivity index (χ0n) is 16.0. The van der Waals surface area contributed by atoms with Gasteiger partial charge in [-0.15, -0.1) is 0 Å². The van der Waals surface area contributed by atoms with Gasteiger partial charge >= 0.3 is 0 Å². The molecule has 0 radical (unpaired) electrons. The Labute approximate surface area is 173 Å². The SMILES string of the molecule is Cc1cc(C(=O)N2CCC(N3CCCC3C(N)=O)CC2)c2ccc(Br)cc2n1. The molecule has 2 amide bonds. The maximum atomic E-state index is 13.3. The number of primary amides is 1. The van der Waals surface area contributed by atoms with Crippen LogP contribution in [0.15, 0.2) is 28.7 Å². The molecule has 2 fully saturated rings. The molecular formula is C21H25BrN4O2. The highest BCUT2D eigenvalue weighted by molar-refractivity contribution is 9.10. The summed E-state index contributed by atoms with van der Waals surface area (Å²) in [5, 5.41) is 0.884. The number of rotatable bonds is 3. The molecule has 28 heavy (non-hydrogen) atoms. The number of amides is 2. The number of aryl methyl sites for hydroxylation is 1. The number of nitrogens with two attached hydrogens (primary N) is 1. The molecule has 1 aromatic carbocycles. The van der Waals surface area contributed by atoms with Crippen LogP contribution in [0.1, 0.15) is 41.7 Å². The van der Waals surface area contributed by atoms with Gasteiger partial charge in [0.2, 0.25) is 5.91 Å². The molecule has 0 saturated carbocycles. The van der Waals surface area contributed by atoms with E-state index in [1.54, 1.807) is 0 Å². The molecule has 2 N–H and O–H groups in total. The van der Waals surface area contributed by atoms with Gasteiger partial charge in [0, 0.05) is 34.7 Å². The van der Waals surface area contributed by atoms with Crippen LogP contribution in [0.4, 0.5) is 0 Å². The van der Waals surface area contributed by atoms with Crippen LogP contribution >= 0.6 is 15.9 Å². The van der Waals surface area contributed by atoms with Gasteiger partial charge in [-0.05, 0) is 57.4 Å². The summed E-state index contributed by atoms with van der Waals surface area (Å²) in [5.41, 5.74) is 7.95. The Bertz CT molecular complexity index is 919. The summed E-state index contributed by atoms with van der Waals surface area (Å²) in [4.78, 5) is 33.7. The number of hydrogen-bond acceptors (Lipinski definition) is 4. The van der Waals surface area contributed by atoms with E-state index in [2.05, 4.69) is 25.8 Å². The normalized spacial score (nSPS) is 21.4. The number of halogens is 1. The van der Waals surface area contributed by atoms with E-state index >= 15 is 0 Å². The van der Waals surface area contributed by atoms with E-state index in [0.29, 0.717) is 24.7 Å². The van der Waals surface area contributed by atoms with Gasteiger partial charge in [0.25, 0.3) is 5.91 Å². The number of fused-ring (bicyclic) bond motifs is 1. The highest BCUT2D eigenvalue weighted by atomic mass is 79.9. The molecule has 1 unspecified atom stereocenters. The summed E-state index contributed by atoms with van der Waals surface area (Å²) in [6, 6.07) is 7.91. The third-order valence-electron chi connectivity index (χ3n) is 5.97. The van der Waals surface area contributed by atoms with Crippen molar-refractivity contribution in [1.82, 2.24) is 14.8 Å². The fourth-order valence-corrected chi connectivity index (χ4v) is 4.96. The zero-order valence-corrected chi connectivity index (χ0v) is 17.6. The Hall–Kier alpha value is -1.99. The van der Waals surface area contributed by atoms with Gasteiger partial charge in [-0.25, -0.2) is 0 Å². The summed E-state index contributed by atoms with van der Waals surface area (Å²) in [6.45, 7) is 4.24. The van der Waals surface area contributed by atoms with Crippen molar-refractivity contribution in [1.29, 1.82) is 0 Å². The number of pyridine rings is 1. The number of benzene rings is 1. The van der Waals surface area contributed by atoms with Crippen molar-refractivity contribution in [2.75, 3.05) is 19.6 Å². The first-order chi connectivity index (χ1) is 13.4. The smallest absolute Gasteiger partial charge is 0.254 e. The summed E-state index contributed by atoms with van der Waals surface area (Å²) in [7, 11) is 0. The molecule has 2 aliphatic heterocycles. The maximum absolute atomic E-state index is 13.3. The number of piperidine rings is 1. The van der Waals surface area contributed by atoms with E-state index in [-0.39, 0.29) is 17.9 Å². The Morgan fingerprint density at radius 1 is 1.14 bits per heavy atom. The molecule has 1 atom stereocenters. The van der Waals surface area contributed by atoms with Crippen LogP contribution in [0.2, 0.25) is 0 Å². The van der Waals surface area contributed by atoms with Crippen molar-refractivity contribution < 1.29 is 9.59 Å². The van der Waals surface area contributed by atoms with Crippen molar-refractivity contribution in [3.05, 3.63) is 40.0 Å². The molecule has 2 saturated heterocycles. The largest absolute Gasteiger partial charge is 0.368 e. The van der Waals surface area contributed by atoms with Gasteiger partial charge < -0.3 is 10.6 Å². The first-order valence-corrected chi connectivity index (χ1v) is 10.6. The molecule has 0 bridgehead atoms. The molecule has 6 nitrogen and oxygen atoms in total. The first kappa shape index (κ1) is 19.3. The second-order valence-electron chi connectivity index (χ2n) is 7.79. The standard InChI is InChI=1S/C21H25BrN4O2/c1-13-11-17(16-5-4-14(22)12-18(16)24-13)21(28)25-9-6-15(7-10-25)26-8-2-3-19(26)20(23)27/h4-5,11-12,15,19H,2-3,6-10H2,1H3,(H2,23,27). The fraction of sp³-hybridized carbons (Fsp3) is 0.476. The monoisotopic (exact) mass is 444 g/mol. The van der Waals surface area contributed by atoms with E-state index in [1.807, 2.05) is 36.1 Å². The Morgan fingerprint density at radius 2 is 1.89 bits per heavy atom. The Balaban J connectivity index is 1.50.